The van der Waals surface area contributed by atoms with E-state index in [2.05, 4.69) is 10.4 Å². The second kappa shape index (κ2) is 5.84. The fourth-order valence-electron chi connectivity index (χ4n) is 1.68. The number of para-hydroxylation sites is 1. The van der Waals surface area contributed by atoms with Gasteiger partial charge in [0.1, 0.15) is 5.84 Å². The predicted molar refractivity (Wildman–Crippen MR) is 75.1 cm³/mol. The van der Waals surface area contributed by atoms with Crippen LogP contribution in [-0.2, 0) is 6.54 Å². The van der Waals surface area contributed by atoms with Gasteiger partial charge in [0, 0.05) is 5.56 Å². The monoisotopic (exact) mass is 240 g/mol. The molecule has 0 saturated carbocycles. The first-order valence-corrected chi connectivity index (χ1v) is 5.71. The molecular weight excluding hydrogens is 224 g/mol. The van der Waals surface area contributed by atoms with E-state index in [0.717, 1.165) is 16.8 Å². The fraction of sp³-hybridized carbons (Fsp3) is 0.0714. The number of nitrogens with two attached hydrogens (primary N) is 2. The van der Waals surface area contributed by atoms with Gasteiger partial charge in [0.05, 0.1) is 12.2 Å². The van der Waals surface area contributed by atoms with Crippen LogP contribution in [0.25, 0.3) is 0 Å². The molecule has 0 aromatic heterocycles. The molecule has 0 bridgehead atoms. The van der Waals surface area contributed by atoms with Crippen molar-refractivity contribution in [3.05, 3.63) is 65.7 Å². The molecule has 0 heterocycles. The molecule has 0 spiro atoms. The average molecular weight is 240 g/mol. The van der Waals surface area contributed by atoms with Crippen LogP contribution < -0.4 is 17.0 Å². The molecule has 4 nitrogen and oxygen atoms in total. The number of benzene rings is 2. The van der Waals surface area contributed by atoms with E-state index in [4.69, 9.17) is 11.6 Å². The molecule has 0 aliphatic carbocycles. The zero-order valence-electron chi connectivity index (χ0n) is 10.0. The van der Waals surface area contributed by atoms with Crippen LogP contribution in [0.3, 0.4) is 0 Å². The molecule has 0 atom stereocenters. The van der Waals surface area contributed by atoms with Crippen molar-refractivity contribution < 1.29 is 0 Å². The second-order valence-corrected chi connectivity index (χ2v) is 3.88. The van der Waals surface area contributed by atoms with Gasteiger partial charge in [-0.2, -0.15) is 0 Å². The number of hydrogen-bond acceptors (Lipinski definition) is 3. The summed E-state index contributed by atoms with van der Waals surface area (Å²) < 4.78 is 0. The maximum Gasteiger partial charge on any atom is 0.128 e. The van der Waals surface area contributed by atoms with Gasteiger partial charge in [-0.05, 0) is 17.7 Å². The van der Waals surface area contributed by atoms with Gasteiger partial charge >= 0.3 is 0 Å². The molecule has 0 aliphatic heterocycles. The summed E-state index contributed by atoms with van der Waals surface area (Å²) in [6.07, 6.45) is 0. The fourth-order valence-corrected chi connectivity index (χ4v) is 1.68. The first-order chi connectivity index (χ1) is 8.81. The first kappa shape index (κ1) is 12.1. The van der Waals surface area contributed by atoms with Gasteiger partial charge < -0.3 is 11.2 Å². The van der Waals surface area contributed by atoms with E-state index in [1.54, 1.807) is 0 Å². The van der Waals surface area contributed by atoms with E-state index < -0.39 is 0 Å². The minimum absolute atomic E-state index is 0.479. The van der Waals surface area contributed by atoms with E-state index in [0.29, 0.717) is 12.4 Å². The Morgan fingerprint density at radius 2 is 1.67 bits per heavy atom. The summed E-state index contributed by atoms with van der Waals surface area (Å²) in [7, 11) is 0. The van der Waals surface area contributed by atoms with Crippen LogP contribution in [0.2, 0.25) is 0 Å². The maximum atomic E-state index is 5.97. The molecule has 2 aromatic carbocycles. The molecular formula is C14H16N4. The van der Waals surface area contributed by atoms with Crippen molar-refractivity contribution >= 4 is 11.5 Å². The minimum Gasteiger partial charge on any atom is -0.383 e. The molecule has 92 valence electrons. The lowest BCUT2D eigenvalue weighted by molar-refractivity contribution is 1.06. The van der Waals surface area contributed by atoms with Gasteiger partial charge in [0.2, 0.25) is 0 Å². The number of nitrogens with zero attached hydrogens (tertiary/aromatic N) is 1. The van der Waals surface area contributed by atoms with Gasteiger partial charge in [-0.15, -0.1) is 0 Å². The summed E-state index contributed by atoms with van der Waals surface area (Å²) in [6.45, 7) is 0.561. The van der Waals surface area contributed by atoms with Crippen molar-refractivity contribution in [2.24, 2.45) is 16.6 Å². The van der Waals surface area contributed by atoms with E-state index in [1.807, 2.05) is 54.6 Å². The van der Waals surface area contributed by atoms with Crippen LogP contribution in [-0.4, -0.2) is 5.84 Å². The number of hydrogen-bond donors (Lipinski definition) is 3. The summed E-state index contributed by atoms with van der Waals surface area (Å²) >= 11 is 0. The van der Waals surface area contributed by atoms with Crippen molar-refractivity contribution in [1.82, 2.24) is 0 Å². The Hall–Kier alpha value is -2.33. The molecule has 0 unspecified atom stereocenters. The van der Waals surface area contributed by atoms with Crippen LogP contribution >= 0.6 is 0 Å². The molecule has 0 aliphatic rings. The Kier molecular flexibility index (Phi) is 3.94. The molecule has 2 rings (SSSR count). The highest BCUT2D eigenvalue weighted by atomic mass is 15.2. The van der Waals surface area contributed by atoms with Crippen molar-refractivity contribution in [3.8, 4) is 0 Å². The highest BCUT2D eigenvalue weighted by Gasteiger charge is 2.03. The van der Waals surface area contributed by atoms with Gasteiger partial charge in [0.15, 0.2) is 0 Å². The average Bonchev–Trinajstić information content (AvgIpc) is 2.45. The molecule has 0 fully saturated rings. The predicted octanol–water partition coefficient (Wildman–Crippen LogP) is 1.88. The molecule has 18 heavy (non-hydrogen) atoms. The number of hydrazine groups is 1. The topological polar surface area (TPSA) is 76.4 Å². The zero-order valence-corrected chi connectivity index (χ0v) is 10.0. The minimum atomic E-state index is 0.479. The van der Waals surface area contributed by atoms with Gasteiger partial charge in [0.25, 0.3) is 0 Å². The molecule has 0 radical (unpaired) electrons. The van der Waals surface area contributed by atoms with Crippen molar-refractivity contribution in [1.29, 1.82) is 0 Å². The third kappa shape index (κ3) is 2.87. The lowest BCUT2D eigenvalue weighted by Crippen LogP contribution is -2.18. The summed E-state index contributed by atoms with van der Waals surface area (Å²) in [4.78, 5) is 4.37. The summed E-state index contributed by atoms with van der Waals surface area (Å²) in [5.41, 5.74) is 11.3. The smallest absolute Gasteiger partial charge is 0.128 e. The standard InChI is InChI=1S/C14H16N4/c15-14(12-8-4-5-9-13(12)18-16)17-10-11-6-2-1-3-7-11/h1-9,18H,10,16H2,(H2,15,17). The number of aliphatic imine (C=N–C) groups is 1. The van der Waals surface area contributed by atoms with Crippen LogP contribution in [0, 0.1) is 0 Å². The summed E-state index contributed by atoms with van der Waals surface area (Å²) in [5, 5.41) is 0. The molecule has 0 amide bonds. The molecule has 2 aromatic rings. The SMILES string of the molecule is NNc1ccccc1C(N)=NCc1ccccc1. The third-order valence-corrected chi connectivity index (χ3v) is 2.63. The Bertz CT molecular complexity index is 535. The summed E-state index contributed by atoms with van der Waals surface area (Å²) in [5.74, 6) is 5.91. The zero-order chi connectivity index (χ0) is 12.8. The summed E-state index contributed by atoms with van der Waals surface area (Å²) in [6, 6.07) is 17.5. The van der Waals surface area contributed by atoms with E-state index >= 15 is 0 Å². The first-order valence-electron chi connectivity index (χ1n) is 5.71. The van der Waals surface area contributed by atoms with Gasteiger partial charge in [-0.1, -0.05) is 42.5 Å². The molecule has 5 N–H and O–H groups in total. The van der Waals surface area contributed by atoms with Gasteiger partial charge in [-0.3, -0.25) is 10.8 Å². The van der Waals surface area contributed by atoms with Gasteiger partial charge in [-0.25, -0.2) is 0 Å². The third-order valence-electron chi connectivity index (χ3n) is 2.63. The van der Waals surface area contributed by atoms with Crippen LogP contribution in [0.1, 0.15) is 11.1 Å². The van der Waals surface area contributed by atoms with E-state index in [1.165, 1.54) is 0 Å². The van der Waals surface area contributed by atoms with Crippen molar-refractivity contribution in [2.75, 3.05) is 5.43 Å². The Balaban J connectivity index is 2.18. The Labute approximate surface area is 106 Å². The number of amidine groups is 1. The van der Waals surface area contributed by atoms with Crippen LogP contribution in [0.4, 0.5) is 5.69 Å². The number of nitrogens with one attached hydrogen (secondary N) is 1. The number of rotatable bonds is 4. The highest BCUT2D eigenvalue weighted by Crippen LogP contribution is 2.13. The molecule has 0 saturated heterocycles. The molecule has 4 heteroatoms. The van der Waals surface area contributed by atoms with Crippen LogP contribution in [0.5, 0.6) is 0 Å². The number of anilines is 1. The Morgan fingerprint density at radius 3 is 2.39 bits per heavy atom. The number of nitrogen functional groups attached to an aromatic ring is 1. The second-order valence-electron chi connectivity index (χ2n) is 3.88. The maximum absolute atomic E-state index is 5.97. The van der Waals surface area contributed by atoms with E-state index in [-0.39, 0.29) is 0 Å². The van der Waals surface area contributed by atoms with Crippen molar-refractivity contribution in [2.45, 2.75) is 6.54 Å². The Morgan fingerprint density at radius 1 is 1.00 bits per heavy atom. The lowest BCUT2D eigenvalue weighted by atomic mass is 10.1. The lowest BCUT2D eigenvalue weighted by Gasteiger charge is -2.07. The normalized spacial score (nSPS) is 11.3. The van der Waals surface area contributed by atoms with Crippen LogP contribution in [0.15, 0.2) is 59.6 Å². The van der Waals surface area contributed by atoms with Crippen molar-refractivity contribution in [3.63, 3.8) is 0 Å². The van der Waals surface area contributed by atoms with E-state index in [9.17, 15) is 0 Å². The largest absolute Gasteiger partial charge is 0.383 e. The quantitative estimate of drug-likeness (QED) is 0.330. The highest BCUT2D eigenvalue weighted by molar-refractivity contribution is 6.02.